The first-order valence-corrected chi connectivity index (χ1v) is 4.83. The molecule has 0 fully saturated rings. The molecule has 0 amide bonds. The zero-order valence-corrected chi connectivity index (χ0v) is 8.14. The number of aliphatic imine (C=N–C) groups is 1. The topological polar surface area (TPSA) is 51.3 Å². The van der Waals surface area contributed by atoms with Gasteiger partial charge < -0.3 is 5.73 Å². The summed E-state index contributed by atoms with van der Waals surface area (Å²) in [7, 11) is 0. The lowest BCUT2D eigenvalue weighted by Crippen LogP contribution is -2.15. The van der Waals surface area contributed by atoms with E-state index in [1.54, 1.807) is 5.51 Å². The number of hydrogen-bond acceptors (Lipinski definition) is 3. The molecule has 0 aliphatic rings. The van der Waals surface area contributed by atoms with Crippen LogP contribution in [0.15, 0.2) is 15.9 Å². The molecule has 0 radical (unpaired) electrons. The predicted octanol–water partition coefficient (Wildman–Crippen LogP) is 1.50. The fourth-order valence-electron chi connectivity index (χ4n) is 0.701. The molecule has 1 aromatic heterocycles. The van der Waals surface area contributed by atoms with Crippen LogP contribution in [-0.4, -0.2) is 17.4 Å². The van der Waals surface area contributed by atoms with E-state index in [1.165, 1.54) is 11.3 Å². The first-order valence-electron chi connectivity index (χ1n) is 3.88. The second kappa shape index (κ2) is 4.21. The summed E-state index contributed by atoms with van der Waals surface area (Å²) in [6.45, 7) is 4.99. The number of rotatable bonds is 3. The van der Waals surface area contributed by atoms with E-state index in [2.05, 4.69) is 23.8 Å². The highest BCUT2D eigenvalue weighted by Crippen LogP contribution is 2.01. The second-order valence-electron chi connectivity index (χ2n) is 2.99. The van der Waals surface area contributed by atoms with Crippen LogP contribution in [0.3, 0.4) is 0 Å². The quantitative estimate of drug-likeness (QED) is 0.570. The van der Waals surface area contributed by atoms with Gasteiger partial charge in [-0.25, -0.2) is 4.98 Å². The van der Waals surface area contributed by atoms with Crippen molar-refractivity contribution in [1.82, 2.24) is 4.98 Å². The van der Waals surface area contributed by atoms with Crippen LogP contribution in [0.4, 0.5) is 0 Å². The van der Waals surface area contributed by atoms with Gasteiger partial charge in [0, 0.05) is 11.9 Å². The SMILES string of the molecule is CC(C)CN=C(N)c1cscn1. The molecule has 0 saturated carbocycles. The van der Waals surface area contributed by atoms with E-state index in [1.807, 2.05) is 5.38 Å². The molecule has 1 rings (SSSR count). The number of nitrogens with two attached hydrogens (primary N) is 1. The molecule has 2 N–H and O–H groups in total. The van der Waals surface area contributed by atoms with E-state index in [0.717, 1.165) is 12.2 Å². The Morgan fingerprint density at radius 3 is 3.00 bits per heavy atom. The molecule has 3 nitrogen and oxygen atoms in total. The van der Waals surface area contributed by atoms with Crippen LogP contribution < -0.4 is 5.73 Å². The number of thiazole rings is 1. The molecule has 0 aliphatic carbocycles. The molecule has 0 saturated heterocycles. The van der Waals surface area contributed by atoms with E-state index in [-0.39, 0.29) is 0 Å². The van der Waals surface area contributed by atoms with Gasteiger partial charge in [-0.1, -0.05) is 13.8 Å². The largest absolute Gasteiger partial charge is 0.382 e. The fraction of sp³-hybridized carbons (Fsp3) is 0.500. The Hall–Kier alpha value is -0.900. The average molecular weight is 183 g/mol. The summed E-state index contributed by atoms with van der Waals surface area (Å²) in [6.07, 6.45) is 0. The van der Waals surface area contributed by atoms with Crippen molar-refractivity contribution < 1.29 is 0 Å². The minimum absolute atomic E-state index is 0.544. The third-order valence-electron chi connectivity index (χ3n) is 1.32. The van der Waals surface area contributed by atoms with E-state index in [4.69, 9.17) is 5.73 Å². The van der Waals surface area contributed by atoms with Gasteiger partial charge in [-0.15, -0.1) is 11.3 Å². The standard InChI is InChI=1S/C8H13N3S/c1-6(2)3-10-8(9)7-4-12-5-11-7/h4-6H,3H2,1-2H3,(H2,9,10). The molecule has 4 heteroatoms. The molecule has 66 valence electrons. The Balaban J connectivity index is 2.59. The summed E-state index contributed by atoms with van der Waals surface area (Å²) in [4.78, 5) is 8.26. The first-order chi connectivity index (χ1) is 5.70. The summed E-state index contributed by atoms with van der Waals surface area (Å²) in [5.41, 5.74) is 8.23. The van der Waals surface area contributed by atoms with E-state index in [0.29, 0.717) is 11.8 Å². The highest BCUT2D eigenvalue weighted by Gasteiger charge is 1.99. The van der Waals surface area contributed by atoms with E-state index < -0.39 is 0 Å². The number of hydrogen-bond donors (Lipinski definition) is 1. The Kier molecular flexibility index (Phi) is 3.22. The molecule has 0 aliphatic heterocycles. The summed E-state index contributed by atoms with van der Waals surface area (Å²) in [6, 6.07) is 0. The summed E-state index contributed by atoms with van der Waals surface area (Å²) < 4.78 is 0. The Morgan fingerprint density at radius 1 is 1.75 bits per heavy atom. The van der Waals surface area contributed by atoms with Crippen molar-refractivity contribution >= 4 is 17.2 Å². The normalized spacial score (nSPS) is 12.4. The van der Waals surface area contributed by atoms with Gasteiger partial charge in [0.05, 0.1) is 5.51 Å². The summed E-state index contributed by atoms with van der Waals surface area (Å²) >= 11 is 1.53. The first kappa shape index (κ1) is 9.19. The molecule has 0 unspecified atom stereocenters. The highest BCUT2D eigenvalue weighted by molar-refractivity contribution is 7.07. The predicted molar refractivity (Wildman–Crippen MR) is 52.5 cm³/mol. The number of amidine groups is 1. The Bertz CT molecular complexity index is 251. The zero-order chi connectivity index (χ0) is 8.97. The van der Waals surface area contributed by atoms with Crippen molar-refractivity contribution in [2.75, 3.05) is 6.54 Å². The lowest BCUT2D eigenvalue weighted by molar-refractivity contribution is 0.665. The maximum atomic E-state index is 5.68. The summed E-state index contributed by atoms with van der Waals surface area (Å²) in [5, 5.41) is 1.90. The van der Waals surface area contributed by atoms with Crippen molar-refractivity contribution in [2.24, 2.45) is 16.6 Å². The monoisotopic (exact) mass is 183 g/mol. The third-order valence-corrected chi connectivity index (χ3v) is 1.91. The Labute approximate surface area is 76.4 Å². The van der Waals surface area contributed by atoms with E-state index >= 15 is 0 Å². The van der Waals surface area contributed by atoms with Crippen LogP contribution in [0, 0.1) is 5.92 Å². The minimum atomic E-state index is 0.544. The van der Waals surface area contributed by atoms with E-state index in [9.17, 15) is 0 Å². The molecular weight excluding hydrogens is 170 g/mol. The molecule has 1 aromatic rings. The fourth-order valence-corrected chi connectivity index (χ4v) is 1.25. The lowest BCUT2D eigenvalue weighted by atomic mass is 10.2. The molecule has 0 aromatic carbocycles. The Morgan fingerprint density at radius 2 is 2.50 bits per heavy atom. The number of aromatic nitrogens is 1. The van der Waals surface area contributed by atoms with Crippen LogP contribution in [0.2, 0.25) is 0 Å². The maximum absolute atomic E-state index is 5.68. The van der Waals surface area contributed by atoms with Crippen molar-refractivity contribution in [2.45, 2.75) is 13.8 Å². The van der Waals surface area contributed by atoms with Gasteiger partial charge in [-0.3, -0.25) is 4.99 Å². The lowest BCUT2D eigenvalue weighted by Gasteiger charge is -1.99. The van der Waals surface area contributed by atoms with Gasteiger partial charge in [0.25, 0.3) is 0 Å². The molecule has 0 spiro atoms. The van der Waals surface area contributed by atoms with Crippen molar-refractivity contribution in [1.29, 1.82) is 0 Å². The van der Waals surface area contributed by atoms with Gasteiger partial charge in [-0.05, 0) is 5.92 Å². The van der Waals surface area contributed by atoms with Crippen LogP contribution in [0.25, 0.3) is 0 Å². The van der Waals surface area contributed by atoms with Gasteiger partial charge in [-0.2, -0.15) is 0 Å². The number of nitrogens with zero attached hydrogens (tertiary/aromatic N) is 2. The smallest absolute Gasteiger partial charge is 0.145 e. The summed E-state index contributed by atoms with van der Waals surface area (Å²) in [5.74, 6) is 1.09. The highest BCUT2D eigenvalue weighted by atomic mass is 32.1. The zero-order valence-electron chi connectivity index (χ0n) is 7.32. The molecular formula is C8H13N3S. The molecule has 0 bridgehead atoms. The van der Waals surface area contributed by atoms with Gasteiger partial charge >= 0.3 is 0 Å². The van der Waals surface area contributed by atoms with Crippen molar-refractivity contribution in [3.63, 3.8) is 0 Å². The maximum Gasteiger partial charge on any atom is 0.145 e. The van der Waals surface area contributed by atoms with Crippen LogP contribution in [-0.2, 0) is 0 Å². The average Bonchev–Trinajstić information content (AvgIpc) is 2.51. The van der Waals surface area contributed by atoms with Crippen molar-refractivity contribution in [3.8, 4) is 0 Å². The molecule has 12 heavy (non-hydrogen) atoms. The minimum Gasteiger partial charge on any atom is -0.382 e. The van der Waals surface area contributed by atoms with Gasteiger partial charge in [0.1, 0.15) is 11.5 Å². The second-order valence-corrected chi connectivity index (χ2v) is 3.71. The van der Waals surface area contributed by atoms with Crippen LogP contribution in [0.1, 0.15) is 19.5 Å². The van der Waals surface area contributed by atoms with Crippen molar-refractivity contribution in [3.05, 3.63) is 16.6 Å². The molecule has 1 heterocycles. The third kappa shape index (κ3) is 2.62. The molecule has 0 atom stereocenters. The van der Waals surface area contributed by atoms with Crippen LogP contribution in [0.5, 0.6) is 0 Å². The van der Waals surface area contributed by atoms with Crippen LogP contribution >= 0.6 is 11.3 Å². The van der Waals surface area contributed by atoms with Gasteiger partial charge in [0.2, 0.25) is 0 Å². The van der Waals surface area contributed by atoms with Gasteiger partial charge in [0.15, 0.2) is 0 Å².